The van der Waals surface area contributed by atoms with Gasteiger partial charge in [0.2, 0.25) is 11.9 Å². The van der Waals surface area contributed by atoms with Crippen LogP contribution in [0.15, 0.2) is 46.8 Å². The van der Waals surface area contributed by atoms with Crippen molar-refractivity contribution in [2.75, 3.05) is 57.6 Å². The molecule has 9 heteroatoms. The molecule has 0 bridgehead atoms. The van der Waals surface area contributed by atoms with E-state index < -0.39 is 0 Å². The Kier molecular flexibility index (Phi) is 4.68. The number of imidazole rings is 1. The summed E-state index contributed by atoms with van der Waals surface area (Å²) < 4.78 is 7.78. The lowest BCUT2D eigenvalue weighted by atomic mass is 10.3. The molecule has 0 saturated carbocycles. The van der Waals surface area contributed by atoms with E-state index in [0.29, 0.717) is 6.67 Å². The number of aromatic nitrogens is 2. The second-order valence-corrected chi connectivity index (χ2v) is 8.85. The molecular weight excluding hydrogens is 398 g/mol. The molecule has 156 valence electrons. The Balaban J connectivity index is 1.31. The van der Waals surface area contributed by atoms with Gasteiger partial charge >= 0.3 is 0 Å². The first kappa shape index (κ1) is 18.3. The van der Waals surface area contributed by atoms with Gasteiger partial charge in [0, 0.05) is 31.1 Å². The van der Waals surface area contributed by atoms with Crippen LogP contribution in [0.2, 0.25) is 0 Å². The van der Waals surface area contributed by atoms with Crippen molar-refractivity contribution in [1.29, 1.82) is 0 Å². The molecule has 0 amide bonds. The van der Waals surface area contributed by atoms with Crippen LogP contribution in [-0.2, 0) is 4.74 Å². The van der Waals surface area contributed by atoms with Crippen molar-refractivity contribution in [3.05, 3.63) is 46.7 Å². The molecule has 1 aromatic carbocycles. The number of morpholine rings is 1. The number of fused-ring (bicyclic) bond motifs is 5. The van der Waals surface area contributed by atoms with Crippen molar-refractivity contribution < 1.29 is 4.74 Å². The normalized spacial score (nSPS) is 22.5. The van der Waals surface area contributed by atoms with Crippen LogP contribution in [0.5, 0.6) is 0 Å². The average Bonchev–Trinajstić information content (AvgIpc) is 3.46. The smallest absolute Gasteiger partial charge is 0.216 e. The maximum absolute atomic E-state index is 5.47. The zero-order valence-corrected chi connectivity index (χ0v) is 17.6. The fourth-order valence-electron chi connectivity index (χ4n) is 4.40. The fourth-order valence-corrected chi connectivity index (χ4v) is 5.17. The SMILES string of the molecule is c1csc([C@@H]2NC3=NCN(CCN4CCOCC4)CN3c3nc4ccccc4n32)c1. The molecule has 0 radical (unpaired) electrons. The van der Waals surface area contributed by atoms with E-state index in [-0.39, 0.29) is 6.17 Å². The van der Waals surface area contributed by atoms with E-state index in [0.717, 1.165) is 69.0 Å². The number of nitrogens with one attached hydrogen (secondary N) is 1. The van der Waals surface area contributed by atoms with Crippen molar-refractivity contribution in [2.45, 2.75) is 6.17 Å². The molecular formula is C21H25N7OS. The van der Waals surface area contributed by atoms with Crippen LogP contribution >= 0.6 is 11.3 Å². The third-order valence-corrected chi connectivity index (χ3v) is 6.93. The summed E-state index contributed by atoms with van der Waals surface area (Å²) in [7, 11) is 0. The van der Waals surface area contributed by atoms with Crippen LogP contribution in [0.25, 0.3) is 11.0 Å². The van der Waals surface area contributed by atoms with E-state index in [9.17, 15) is 0 Å². The van der Waals surface area contributed by atoms with Gasteiger partial charge < -0.3 is 10.1 Å². The van der Waals surface area contributed by atoms with E-state index in [4.69, 9.17) is 14.7 Å². The molecule has 30 heavy (non-hydrogen) atoms. The number of hydrogen-bond acceptors (Lipinski definition) is 8. The molecule has 0 unspecified atom stereocenters. The maximum atomic E-state index is 5.47. The summed E-state index contributed by atoms with van der Waals surface area (Å²) in [6.07, 6.45) is 0.0160. The number of para-hydroxylation sites is 2. The summed E-state index contributed by atoms with van der Waals surface area (Å²) >= 11 is 1.76. The Morgan fingerprint density at radius 3 is 2.80 bits per heavy atom. The second kappa shape index (κ2) is 7.66. The number of nitrogens with zero attached hydrogens (tertiary/aromatic N) is 6. The first-order chi connectivity index (χ1) is 14.9. The van der Waals surface area contributed by atoms with E-state index in [1.54, 1.807) is 11.3 Å². The Bertz CT molecular complexity index is 1060. The molecule has 0 aliphatic carbocycles. The van der Waals surface area contributed by atoms with Crippen LogP contribution < -0.4 is 10.2 Å². The molecule has 3 aliphatic rings. The van der Waals surface area contributed by atoms with Crippen molar-refractivity contribution in [2.24, 2.45) is 4.99 Å². The summed E-state index contributed by atoms with van der Waals surface area (Å²) in [5.74, 6) is 1.88. The third-order valence-electron chi connectivity index (χ3n) is 6.01. The lowest BCUT2D eigenvalue weighted by molar-refractivity contribution is 0.0334. The molecule has 1 fully saturated rings. The molecule has 2 aromatic heterocycles. The molecule has 8 nitrogen and oxygen atoms in total. The topological polar surface area (TPSA) is 61.2 Å². The van der Waals surface area contributed by atoms with Gasteiger partial charge in [0.15, 0.2) is 0 Å². The second-order valence-electron chi connectivity index (χ2n) is 7.87. The molecule has 0 spiro atoms. The number of guanidine groups is 1. The van der Waals surface area contributed by atoms with Crippen LogP contribution in [0.4, 0.5) is 5.95 Å². The van der Waals surface area contributed by atoms with E-state index >= 15 is 0 Å². The van der Waals surface area contributed by atoms with E-state index in [2.05, 4.69) is 66.4 Å². The van der Waals surface area contributed by atoms with Crippen LogP contribution in [0, 0.1) is 0 Å². The van der Waals surface area contributed by atoms with Crippen molar-refractivity contribution in [3.8, 4) is 0 Å². The van der Waals surface area contributed by atoms with Gasteiger partial charge in [-0.05, 0) is 23.6 Å². The minimum absolute atomic E-state index is 0.0160. The van der Waals surface area contributed by atoms with Gasteiger partial charge in [-0.2, -0.15) is 0 Å². The number of ether oxygens (including phenoxy) is 1. The molecule has 3 aliphatic heterocycles. The highest BCUT2D eigenvalue weighted by atomic mass is 32.1. The van der Waals surface area contributed by atoms with Crippen molar-refractivity contribution >= 4 is 34.3 Å². The Hall–Kier alpha value is -2.46. The quantitative estimate of drug-likeness (QED) is 0.693. The van der Waals surface area contributed by atoms with Gasteiger partial charge in [0.1, 0.15) is 6.17 Å². The molecule has 1 saturated heterocycles. The summed E-state index contributed by atoms with van der Waals surface area (Å²) in [5, 5.41) is 5.80. The Labute approximate surface area is 179 Å². The highest BCUT2D eigenvalue weighted by Gasteiger charge is 2.36. The fraction of sp³-hybridized carbons (Fsp3) is 0.429. The Morgan fingerprint density at radius 2 is 1.93 bits per heavy atom. The van der Waals surface area contributed by atoms with Crippen LogP contribution in [0.3, 0.4) is 0 Å². The van der Waals surface area contributed by atoms with Gasteiger partial charge in [-0.3, -0.25) is 19.3 Å². The highest BCUT2D eigenvalue weighted by molar-refractivity contribution is 7.10. The number of rotatable bonds is 4. The first-order valence-electron chi connectivity index (χ1n) is 10.5. The third kappa shape index (κ3) is 3.18. The summed E-state index contributed by atoms with van der Waals surface area (Å²) in [5.41, 5.74) is 2.16. The summed E-state index contributed by atoms with van der Waals surface area (Å²) in [6.45, 7) is 7.25. The number of aliphatic imine (C=N–C) groups is 1. The lowest BCUT2D eigenvalue weighted by Crippen LogP contribution is -2.58. The summed E-state index contributed by atoms with van der Waals surface area (Å²) in [6, 6.07) is 12.6. The van der Waals surface area contributed by atoms with Gasteiger partial charge in [-0.25, -0.2) is 9.98 Å². The summed E-state index contributed by atoms with van der Waals surface area (Å²) in [4.78, 5) is 18.2. The number of thiophene rings is 1. The van der Waals surface area contributed by atoms with Crippen molar-refractivity contribution in [1.82, 2.24) is 24.7 Å². The zero-order valence-electron chi connectivity index (χ0n) is 16.8. The minimum atomic E-state index is 0.0160. The lowest BCUT2D eigenvalue weighted by Gasteiger charge is -2.41. The first-order valence-corrected chi connectivity index (χ1v) is 11.4. The number of anilines is 1. The monoisotopic (exact) mass is 423 g/mol. The molecule has 6 rings (SSSR count). The largest absolute Gasteiger partial charge is 0.379 e. The standard InChI is InChI=1S/C21H25N7OS/c1-2-5-17-16(4-1)23-21-27-15-26(8-7-25-9-11-29-12-10-25)14-22-20(27)24-19(28(17)21)18-6-3-13-30-18/h1-6,13,19H,7-12,14-15H2,(H,22,24)/t19-/m1/s1. The van der Waals surface area contributed by atoms with E-state index in [1.165, 1.54) is 4.88 Å². The maximum Gasteiger partial charge on any atom is 0.216 e. The number of benzene rings is 1. The number of hydrogen-bond donors (Lipinski definition) is 1. The average molecular weight is 424 g/mol. The van der Waals surface area contributed by atoms with Crippen LogP contribution in [-0.4, -0.2) is 78.0 Å². The molecule has 1 N–H and O–H groups in total. The van der Waals surface area contributed by atoms with Crippen molar-refractivity contribution in [3.63, 3.8) is 0 Å². The van der Waals surface area contributed by atoms with Gasteiger partial charge in [0.05, 0.1) is 37.6 Å². The molecule has 1 atom stereocenters. The minimum Gasteiger partial charge on any atom is -0.379 e. The van der Waals surface area contributed by atoms with Gasteiger partial charge in [-0.15, -0.1) is 11.3 Å². The highest BCUT2D eigenvalue weighted by Crippen LogP contribution is 2.35. The van der Waals surface area contributed by atoms with Gasteiger partial charge in [0.25, 0.3) is 0 Å². The van der Waals surface area contributed by atoms with E-state index in [1.807, 2.05) is 0 Å². The Morgan fingerprint density at radius 1 is 1.07 bits per heavy atom. The molecule has 5 heterocycles. The van der Waals surface area contributed by atoms with Crippen LogP contribution in [0.1, 0.15) is 11.0 Å². The van der Waals surface area contributed by atoms with Gasteiger partial charge in [-0.1, -0.05) is 18.2 Å². The molecule has 3 aromatic rings. The zero-order chi connectivity index (χ0) is 19.9. The predicted molar refractivity (Wildman–Crippen MR) is 119 cm³/mol. The predicted octanol–water partition coefficient (Wildman–Crippen LogP) is 1.97.